The molecule has 0 radical (unpaired) electrons. The van der Waals surface area contributed by atoms with E-state index >= 15 is 0 Å². The zero-order valence-corrected chi connectivity index (χ0v) is 20.1. The largest absolute Gasteiger partial charge is 0.469 e. The van der Waals surface area contributed by atoms with Crippen LogP contribution in [0, 0.1) is 31.5 Å². The van der Waals surface area contributed by atoms with Crippen molar-refractivity contribution in [3.05, 3.63) is 58.7 Å². The van der Waals surface area contributed by atoms with Crippen molar-refractivity contribution < 1.29 is 18.7 Å². The van der Waals surface area contributed by atoms with Crippen molar-refractivity contribution in [2.45, 2.75) is 52.6 Å². The van der Waals surface area contributed by atoms with Crippen molar-refractivity contribution in [2.75, 3.05) is 7.11 Å². The molecule has 184 valence electrons. The van der Waals surface area contributed by atoms with Crippen molar-refractivity contribution in [3.63, 3.8) is 0 Å². The van der Waals surface area contributed by atoms with Crippen LogP contribution < -0.4 is 5.32 Å². The smallest absolute Gasteiger partial charge is 0.308 e. The number of aryl methyl sites for hydroxylation is 2. The molecule has 4 rings (SSSR count). The van der Waals surface area contributed by atoms with Gasteiger partial charge in [0.05, 0.1) is 19.6 Å². The van der Waals surface area contributed by atoms with Gasteiger partial charge in [0.2, 0.25) is 5.82 Å². The van der Waals surface area contributed by atoms with Crippen LogP contribution in [0.25, 0.3) is 11.4 Å². The Bertz CT molecular complexity index is 1220. The third-order valence-electron chi connectivity index (χ3n) is 6.38. The highest BCUT2D eigenvalue weighted by Gasteiger charge is 2.27. The van der Waals surface area contributed by atoms with Gasteiger partial charge in [-0.05, 0) is 80.0 Å². The molecule has 1 N–H and O–H groups in total. The second-order valence-electron chi connectivity index (χ2n) is 9.06. The Morgan fingerprint density at radius 1 is 1.14 bits per heavy atom. The van der Waals surface area contributed by atoms with Gasteiger partial charge in [0.25, 0.3) is 5.91 Å². The average Bonchev–Trinajstić information content (AvgIpc) is 3.32. The molecule has 3 aromatic rings. The molecule has 0 atom stereocenters. The Balaban J connectivity index is 1.39. The molecule has 2 aromatic heterocycles. The number of benzene rings is 1. The number of nitrogens with one attached hydrogen (secondary N) is 1. The summed E-state index contributed by atoms with van der Waals surface area (Å²) in [6, 6.07) is 8.18. The number of halogens is 1. The SMILES string of the molecule is COC(=O)[C@H]1CC[C@H](Cn2nnc(-c3cc(C)nc(C(=O)NCc4ccc(F)c(C)c4)c3)n2)CC1. The van der Waals surface area contributed by atoms with Crippen LogP contribution in [-0.4, -0.2) is 44.2 Å². The van der Waals surface area contributed by atoms with E-state index in [0.717, 1.165) is 31.2 Å². The quantitative estimate of drug-likeness (QED) is 0.516. The molecule has 10 heteroatoms. The molecule has 1 aliphatic carbocycles. The number of esters is 1. The monoisotopic (exact) mass is 480 g/mol. The zero-order chi connectivity index (χ0) is 24.9. The molecule has 35 heavy (non-hydrogen) atoms. The number of hydrogen-bond donors (Lipinski definition) is 1. The van der Waals surface area contributed by atoms with Gasteiger partial charge in [-0.15, -0.1) is 10.2 Å². The van der Waals surface area contributed by atoms with E-state index in [4.69, 9.17) is 4.74 Å². The first-order chi connectivity index (χ1) is 16.8. The minimum Gasteiger partial charge on any atom is -0.469 e. The van der Waals surface area contributed by atoms with Crippen LogP contribution in [0.2, 0.25) is 0 Å². The van der Waals surface area contributed by atoms with Gasteiger partial charge in [-0.3, -0.25) is 9.59 Å². The highest BCUT2D eigenvalue weighted by Crippen LogP contribution is 2.30. The van der Waals surface area contributed by atoms with Gasteiger partial charge in [-0.1, -0.05) is 12.1 Å². The number of pyridine rings is 1. The van der Waals surface area contributed by atoms with E-state index < -0.39 is 0 Å². The van der Waals surface area contributed by atoms with E-state index in [-0.39, 0.29) is 35.9 Å². The number of amides is 1. The van der Waals surface area contributed by atoms with Gasteiger partial charge in [-0.2, -0.15) is 4.80 Å². The minimum absolute atomic E-state index is 0.0213. The minimum atomic E-state index is -0.341. The molecule has 1 amide bonds. The Labute approximate surface area is 203 Å². The van der Waals surface area contributed by atoms with Crippen LogP contribution in [0.4, 0.5) is 4.39 Å². The third-order valence-corrected chi connectivity index (χ3v) is 6.38. The zero-order valence-electron chi connectivity index (χ0n) is 20.1. The molecule has 0 unspecified atom stereocenters. The third kappa shape index (κ3) is 6.06. The summed E-state index contributed by atoms with van der Waals surface area (Å²) < 4.78 is 18.3. The van der Waals surface area contributed by atoms with Gasteiger partial charge in [0.1, 0.15) is 11.5 Å². The van der Waals surface area contributed by atoms with Gasteiger partial charge < -0.3 is 10.1 Å². The fourth-order valence-electron chi connectivity index (χ4n) is 4.42. The fourth-order valence-corrected chi connectivity index (χ4v) is 4.42. The summed E-state index contributed by atoms with van der Waals surface area (Å²) in [5.74, 6) is 0.0129. The first-order valence-corrected chi connectivity index (χ1v) is 11.7. The molecule has 1 fully saturated rings. The molecule has 0 aliphatic heterocycles. The van der Waals surface area contributed by atoms with E-state index in [1.165, 1.54) is 13.2 Å². The van der Waals surface area contributed by atoms with Crippen molar-refractivity contribution >= 4 is 11.9 Å². The lowest BCUT2D eigenvalue weighted by Gasteiger charge is -2.26. The van der Waals surface area contributed by atoms with E-state index in [2.05, 4.69) is 25.7 Å². The van der Waals surface area contributed by atoms with Gasteiger partial charge in [0.15, 0.2) is 0 Å². The summed E-state index contributed by atoms with van der Waals surface area (Å²) in [6.07, 6.45) is 3.42. The van der Waals surface area contributed by atoms with Crippen LogP contribution in [0.15, 0.2) is 30.3 Å². The van der Waals surface area contributed by atoms with Gasteiger partial charge in [-0.25, -0.2) is 9.37 Å². The van der Waals surface area contributed by atoms with Crippen LogP contribution in [-0.2, 0) is 22.6 Å². The summed E-state index contributed by atoms with van der Waals surface area (Å²) >= 11 is 0. The summed E-state index contributed by atoms with van der Waals surface area (Å²) in [7, 11) is 1.43. The van der Waals surface area contributed by atoms with Crippen LogP contribution in [0.5, 0.6) is 0 Å². The van der Waals surface area contributed by atoms with Crippen molar-refractivity contribution in [1.29, 1.82) is 0 Å². The van der Waals surface area contributed by atoms with E-state index in [1.807, 2.05) is 6.07 Å². The van der Waals surface area contributed by atoms with E-state index in [0.29, 0.717) is 35.1 Å². The molecule has 0 spiro atoms. The maximum absolute atomic E-state index is 13.5. The number of rotatable bonds is 7. The topological polar surface area (TPSA) is 112 Å². The lowest BCUT2D eigenvalue weighted by atomic mass is 9.82. The Morgan fingerprint density at radius 3 is 2.63 bits per heavy atom. The van der Waals surface area contributed by atoms with Gasteiger partial charge in [0, 0.05) is 17.8 Å². The van der Waals surface area contributed by atoms with Crippen LogP contribution in [0.3, 0.4) is 0 Å². The highest BCUT2D eigenvalue weighted by molar-refractivity contribution is 5.93. The summed E-state index contributed by atoms with van der Waals surface area (Å²) in [5, 5.41) is 15.7. The Morgan fingerprint density at radius 2 is 1.91 bits per heavy atom. The number of methoxy groups -OCH3 is 1. The second kappa shape index (κ2) is 10.7. The molecule has 1 aliphatic rings. The van der Waals surface area contributed by atoms with Crippen LogP contribution >= 0.6 is 0 Å². The van der Waals surface area contributed by atoms with Crippen molar-refractivity contribution in [2.24, 2.45) is 11.8 Å². The van der Waals surface area contributed by atoms with Crippen LogP contribution in [0.1, 0.15) is 53.0 Å². The van der Waals surface area contributed by atoms with Crippen molar-refractivity contribution in [3.8, 4) is 11.4 Å². The summed E-state index contributed by atoms with van der Waals surface area (Å²) in [4.78, 5) is 30.4. The molecular formula is C25H29FN6O3. The summed E-state index contributed by atoms with van der Waals surface area (Å²) in [5.41, 5.74) is 2.88. The maximum Gasteiger partial charge on any atom is 0.308 e. The molecule has 2 heterocycles. The average molecular weight is 481 g/mol. The number of hydrogen-bond acceptors (Lipinski definition) is 7. The first-order valence-electron chi connectivity index (χ1n) is 11.7. The van der Waals surface area contributed by atoms with E-state index in [9.17, 15) is 14.0 Å². The number of nitrogens with zero attached hydrogens (tertiary/aromatic N) is 5. The number of carbonyl (C=O) groups excluding carboxylic acids is 2. The maximum atomic E-state index is 13.5. The predicted octanol–water partition coefficient (Wildman–Crippen LogP) is 3.40. The number of ether oxygens (including phenoxy) is 1. The molecule has 1 saturated carbocycles. The molecule has 1 aromatic carbocycles. The lowest BCUT2D eigenvalue weighted by molar-refractivity contribution is -0.146. The molecule has 9 nitrogen and oxygen atoms in total. The fraction of sp³-hybridized carbons (Fsp3) is 0.440. The first kappa shape index (κ1) is 24.4. The normalized spacial score (nSPS) is 17.7. The summed E-state index contributed by atoms with van der Waals surface area (Å²) in [6.45, 7) is 4.36. The Kier molecular flexibility index (Phi) is 7.48. The number of aromatic nitrogens is 5. The van der Waals surface area contributed by atoms with E-state index in [1.54, 1.807) is 36.8 Å². The van der Waals surface area contributed by atoms with Crippen molar-refractivity contribution in [1.82, 2.24) is 30.5 Å². The predicted molar refractivity (Wildman–Crippen MR) is 126 cm³/mol. The standard InChI is InChI=1S/C25H29FN6O3/c1-15-10-18(6-9-21(15)26)13-27-24(33)22-12-20(11-16(2)28-22)23-29-31-32(30-23)14-17-4-7-19(8-5-17)25(34)35-3/h6,9-12,17,19H,4-5,7-8,13-14H2,1-3H3,(H,27,33)/t17-,19-. The number of tetrazole rings is 1. The second-order valence-corrected chi connectivity index (χ2v) is 9.06. The Hall–Kier alpha value is -3.69. The molecule has 0 bridgehead atoms. The number of carbonyl (C=O) groups is 2. The molecule has 0 saturated heterocycles. The molecular weight excluding hydrogens is 451 g/mol. The highest BCUT2D eigenvalue weighted by atomic mass is 19.1. The van der Waals surface area contributed by atoms with Gasteiger partial charge >= 0.3 is 5.97 Å². The lowest BCUT2D eigenvalue weighted by Crippen LogP contribution is -2.25.